The molecule has 1 aromatic heterocycles. The SMILES string of the molecule is Cc1ccc2c(CC3=CCNCC3)c[nH]c2c1. The maximum Gasteiger partial charge on any atom is 0.0459 e. The summed E-state index contributed by atoms with van der Waals surface area (Å²) >= 11 is 0. The van der Waals surface area contributed by atoms with Crippen LogP contribution in [0.1, 0.15) is 17.5 Å². The molecule has 0 spiro atoms. The second kappa shape index (κ2) is 4.38. The number of fused-ring (bicyclic) bond motifs is 1. The van der Waals surface area contributed by atoms with Crippen molar-refractivity contribution in [3.63, 3.8) is 0 Å². The zero-order valence-electron chi connectivity index (χ0n) is 10.2. The molecule has 0 atom stereocenters. The summed E-state index contributed by atoms with van der Waals surface area (Å²) in [6.45, 7) is 4.28. The molecule has 0 saturated heterocycles. The summed E-state index contributed by atoms with van der Waals surface area (Å²) in [5, 5.41) is 4.73. The fraction of sp³-hybridized carbons (Fsp3) is 0.333. The van der Waals surface area contributed by atoms with Crippen LogP contribution in [0.25, 0.3) is 10.9 Å². The van der Waals surface area contributed by atoms with Gasteiger partial charge in [0.2, 0.25) is 0 Å². The normalized spacial score (nSPS) is 16.2. The van der Waals surface area contributed by atoms with Gasteiger partial charge in [-0.15, -0.1) is 0 Å². The minimum atomic E-state index is 1.02. The molecule has 2 nitrogen and oxygen atoms in total. The molecule has 0 saturated carbocycles. The number of hydrogen-bond donors (Lipinski definition) is 2. The second-order valence-corrected chi connectivity index (χ2v) is 4.86. The summed E-state index contributed by atoms with van der Waals surface area (Å²) in [5.74, 6) is 0. The van der Waals surface area contributed by atoms with Gasteiger partial charge in [0.1, 0.15) is 0 Å². The molecule has 0 radical (unpaired) electrons. The number of nitrogens with one attached hydrogen (secondary N) is 2. The second-order valence-electron chi connectivity index (χ2n) is 4.86. The summed E-state index contributed by atoms with van der Waals surface area (Å²) in [6, 6.07) is 6.64. The average molecular weight is 226 g/mol. The van der Waals surface area contributed by atoms with Crippen LogP contribution in [0.5, 0.6) is 0 Å². The number of H-pyrrole nitrogens is 1. The van der Waals surface area contributed by atoms with Crippen LogP contribution < -0.4 is 5.32 Å². The lowest BCUT2D eigenvalue weighted by Gasteiger charge is -2.13. The Morgan fingerprint density at radius 2 is 2.24 bits per heavy atom. The van der Waals surface area contributed by atoms with E-state index in [4.69, 9.17) is 0 Å². The third-order valence-corrected chi connectivity index (χ3v) is 3.50. The molecule has 2 heterocycles. The van der Waals surface area contributed by atoms with Crippen molar-refractivity contribution in [1.29, 1.82) is 0 Å². The Hall–Kier alpha value is -1.54. The molecule has 1 aliphatic heterocycles. The lowest BCUT2D eigenvalue weighted by molar-refractivity contribution is 0.692. The average Bonchev–Trinajstić information content (AvgIpc) is 2.73. The van der Waals surface area contributed by atoms with Crippen LogP contribution >= 0.6 is 0 Å². The summed E-state index contributed by atoms with van der Waals surface area (Å²) in [5.41, 5.74) is 5.56. The highest BCUT2D eigenvalue weighted by Gasteiger charge is 2.08. The van der Waals surface area contributed by atoms with Gasteiger partial charge in [-0.1, -0.05) is 23.8 Å². The third-order valence-electron chi connectivity index (χ3n) is 3.50. The van der Waals surface area contributed by atoms with Gasteiger partial charge in [-0.05, 0) is 43.5 Å². The molecular formula is C15H18N2. The van der Waals surface area contributed by atoms with Crippen LogP contribution in [0.2, 0.25) is 0 Å². The first-order valence-corrected chi connectivity index (χ1v) is 6.28. The van der Waals surface area contributed by atoms with Gasteiger partial charge in [0.25, 0.3) is 0 Å². The minimum absolute atomic E-state index is 1.02. The fourth-order valence-corrected chi connectivity index (χ4v) is 2.52. The van der Waals surface area contributed by atoms with E-state index in [1.54, 1.807) is 5.57 Å². The highest BCUT2D eigenvalue weighted by atomic mass is 14.8. The summed E-state index contributed by atoms with van der Waals surface area (Å²) in [4.78, 5) is 3.38. The van der Waals surface area contributed by atoms with Gasteiger partial charge in [-0.3, -0.25) is 0 Å². The van der Waals surface area contributed by atoms with Crippen LogP contribution in [0.15, 0.2) is 36.0 Å². The van der Waals surface area contributed by atoms with Gasteiger partial charge in [0.15, 0.2) is 0 Å². The van der Waals surface area contributed by atoms with Crippen molar-refractivity contribution >= 4 is 10.9 Å². The zero-order chi connectivity index (χ0) is 11.7. The maximum absolute atomic E-state index is 3.38. The molecule has 2 aromatic rings. The monoisotopic (exact) mass is 226 g/mol. The number of hydrogen-bond acceptors (Lipinski definition) is 1. The molecular weight excluding hydrogens is 208 g/mol. The van der Waals surface area contributed by atoms with E-state index >= 15 is 0 Å². The van der Waals surface area contributed by atoms with Gasteiger partial charge >= 0.3 is 0 Å². The Kier molecular flexibility index (Phi) is 2.73. The Balaban J connectivity index is 1.92. The van der Waals surface area contributed by atoms with Crippen molar-refractivity contribution in [3.05, 3.63) is 47.2 Å². The predicted octanol–water partition coefficient (Wildman–Crippen LogP) is 2.94. The Labute approximate surface area is 102 Å². The Bertz CT molecular complexity index is 563. The van der Waals surface area contributed by atoms with Crippen LogP contribution in [0.4, 0.5) is 0 Å². The van der Waals surface area contributed by atoms with E-state index in [-0.39, 0.29) is 0 Å². The van der Waals surface area contributed by atoms with Crippen molar-refractivity contribution in [1.82, 2.24) is 10.3 Å². The molecule has 0 aliphatic carbocycles. The number of rotatable bonds is 2. The minimum Gasteiger partial charge on any atom is -0.361 e. The van der Waals surface area contributed by atoms with E-state index in [2.05, 4.69) is 47.7 Å². The Morgan fingerprint density at radius 3 is 3.06 bits per heavy atom. The Morgan fingerprint density at radius 1 is 1.29 bits per heavy atom. The molecule has 0 amide bonds. The predicted molar refractivity (Wildman–Crippen MR) is 72.3 cm³/mol. The number of aromatic amines is 1. The smallest absolute Gasteiger partial charge is 0.0459 e. The van der Waals surface area contributed by atoms with Crippen molar-refractivity contribution in [2.75, 3.05) is 13.1 Å². The summed E-state index contributed by atoms with van der Waals surface area (Å²) in [7, 11) is 0. The first kappa shape index (κ1) is 10.6. The summed E-state index contributed by atoms with van der Waals surface area (Å²) in [6.07, 6.45) is 6.76. The van der Waals surface area contributed by atoms with Gasteiger partial charge in [0.05, 0.1) is 0 Å². The first-order valence-electron chi connectivity index (χ1n) is 6.28. The quantitative estimate of drug-likeness (QED) is 0.757. The highest BCUT2D eigenvalue weighted by Crippen LogP contribution is 2.23. The van der Waals surface area contributed by atoms with Crippen LogP contribution in [0, 0.1) is 6.92 Å². The fourth-order valence-electron chi connectivity index (χ4n) is 2.52. The topological polar surface area (TPSA) is 27.8 Å². The van der Waals surface area contributed by atoms with Gasteiger partial charge < -0.3 is 10.3 Å². The van der Waals surface area contributed by atoms with Crippen molar-refractivity contribution in [2.45, 2.75) is 19.8 Å². The van der Waals surface area contributed by atoms with E-state index in [1.165, 1.54) is 28.5 Å². The number of aryl methyl sites for hydroxylation is 1. The van der Waals surface area contributed by atoms with E-state index in [0.717, 1.165) is 19.5 Å². The molecule has 1 aromatic carbocycles. The molecule has 0 bridgehead atoms. The van der Waals surface area contributed by atoms with Crippen LogP contribution in [-0.4, -0.2) is 18.1 Å². The maximum atomic E-state index is 3.38. The zero-order valence-corrected chi connectivity index (χ0v) is 10.2. The van der Waals surface area contributed by atoms with E-state index in [1.807, 2.05) is 0 Å². The molecule has 2 heteroatoms. The lowest BCUT2D eigenvalue weighted by atomic mass is 9.99. The lowest BCUT2D eigenvalue weighted by Crippen LogP contribution is -2.21. The van der Waals surface area contributed by atoms with E-state index < -0.39 is 0 Å². The number of benzene rings is 1. The van der Waals surface area contributed by atoms with Crippen LogP contribution in [0.3, 0.4) is 0 Å². The molecule has 2 N–H and O–H groups in total. The van der Waals surface area contributed by atoms with Crippen LogP contribution in [-0.2, 0) is 6.42 Å². The van der Waals surface area contributed by atoms with Gasteiger partial charge in [-0.2, -0.15) is 0 Å². The van der Waals surface area contributed by atoms with E-state index in [9.17, 15) is 0 Å². The molecule has 17 heavy (non-hydrogen) atoms. The van der Waals surface area contributed by atoms with E-state index in [0.29, 0.717) is 0 Å². The van der Waals surface area contributed by atoms with Gasteiger partial charge in [-0.25, -0.2) is 0 Å². The first-order chi connectivity index (χ1) is 8.33. The molecule has 88 valence electrons. The standard InChI is InChI=1S/C15H18N2/c1-11-2-3-14-13(10-17-15(14)8-11)9-12-4-6-16-7-5-12/h2-4,8,10,16-17H,5-7,9H2,1H3. The molecule has 3 rings (SSSR count). The molecule has 0 fully saturated rings. The summed E-state index contributed by atoms with van der Waals surface area (Å²) < 4.78 is 0. The third kappa shape index (κ3) is 2.13. The van der Waals surface area contributed by atoms with Crippen molar-refractivity contribution < 1.29 is 0 Å². The van der Waals surface area contributed by atoms with Crippen molar-refractivity contribution in [3.8, 4) is 0 Å². The van der Waals surface area contributed by atoms with Crippen molar-refractivity contribution in [2.24, 2.45) is 0 Å². The molecule has 0 unspecified atom stereocenters. The van der Waals surface area contributed by atoms with Gasteiger partial charge in [0, 0.05) is 23.6 Å². The number of aromatic nitrogens is 1. The molecule has 1 aliphatic rings. The largest absolute Gasteiger partial charge is 0.361 e. The highest BCUT2D eigenvalue weighted by molar-refractivity contribution is 5.84.